The summed E-state index contributed by atoms with van der Waals surface area (Å²) in [7, 11) is -4.34. The van der Waals surface area contributed by atoms with Crippen LogP contribution in [0.1, 0.15) is 35.6 Å². The first-order valence-corrected chi connectivity index (χ1v) is 13.8. The number of carbonyl (C=O) groups excluding carboxylic acids is 1. The van der Waals surface area contributed by atoms with Gasteiger partial charge in [0.1, 0.15) is 17.1 Å². The number of aliphatic hydroxyl groups excluding tert-OH is 1. The van der Waals surface area contributed by atoms with Crippen molar-refractivity contribution in [3.63, 3.8) is 0 Å². The van der Waals surface area contributed by atoms with Crippen molar-refractivity contribution in [2.45, 2.75) is 29.4 Å². The number of rotatable bonds is 8. The number of β-lactam (4-membered cyclic amide) rings is 1. The second-order valence-electron chi connectivity index (χ2n) is 9.59. The van der Waals surface area contributed by atoms with Gasteiger partial charge in [-0.2, -0.15) is 8.42 Å². The van der Waals surface area contributed by atoms with Crippen LogP contribution in [-0.2, 0) is 20.5 Å². The number of aliphatic hydroxyl groups is 1. The van der Waals surface area contributed by atoms with E-state index in [2.05, 4.69) is 5.32 Å². The van der Waals surface area contributed by atoms with Crippen LogP contribution in [0.5, 0.6) is 5.75 Å². The summed E-state index contributed by atoms with van der Waals surface area (Å²) in [6.45, 7) is 0. The molecule has 0 spiro atoms. The standard InChI is InChI=1S/C30H26FNO6S/c31-23-11-6-20(7-12-23)27(33)17-16-26-29(35)32-30(26,21-4-2-1-3-5-21)22-10-15-25(28(34)18-22)19-8-13-24(14-9-19)39(36,37)38/h1-15,18,26-27,33-34H,16-17H2,(H,32,35)(H,36,37,38)/t26-,27-,30-/m0/s1. The van der Waals surface area contributed by atoms with Gasteiger partial charge in [0.05, 0.1) is 16.9 Å². The zero-order valence-corrected chi connectivity index (χ0v) is 21.5. The first kappa shape index (κ1) is 26.6. The van der Waals surface area contributed by atoms with Crippen molar-refractivity contribution in [1.82, 2.24) is 5.32 Å². The Balaban J connectivity index is 1.47. The minimum absolute atomic E-state index is 0.0753. The molecule has 0 aromatic heterocycles. The highest BCUT2D eigenvalue weighted by Crippen LogP contribution is 2.48. The fourth-order valence-corrected chi connectivity index (χ4v) is 5.73. The Morgan fingerprint density at radius 3 is 2.15 bits per heavy atom. The Labute approximate surface area is 225 Å². The van der Waals surface area contributed by atoms with E-state index in [1.165, 1.54) is 48.5 Å². The summed E-state index contributed by atoms with van der Waals surface area (Å²) in [5.41, 5.74) is 2.05. The van der Waals surface area contributed by atoms with Gasteiger partial charge in [0.25, 0.3) is 10.1 Å². The molecule has 39 heavy (non-hydrogen) atoms. The lowest BCUT2D eigenvalue weighted by atomic mass is 9.64. The number of hydrogen-bond donors (Lipinski definition) is 4. The van der Waals surface area contributed by atoms with Crippen molar-refractivity contribution in [3.8, 4) is 16.9 Å². The maximum absolute atomic E-state index is 13.3. The number of phenols is 1. The summed E-state index contributed by atoms with van der Waals surface area (Å²) >= 11 is 0. The Bertz CT molecular complexity index is 1610. The van der Waals surface area contributed by atoms with Crippen molar-refractivity contribution in [2.75, 3.05) is 0 Å². The summed E-state index contributed by atoms with van der Waals surface area (Å²) in [5, 5.41) is 24.7. The van der Waals surface area contributed by atoms with E-state index in [0.717, 1.165) is 5.56 Å². The monoisotopic (exact) mass is 547 g/mol. The molecule has 0 unspecified atom stereocenters. The van der Waals surface area contributed by atoms with Crippen molar-refractivity contribution in [2.24, 2.45) is 5.92 Å². The van der Waals surface area contributed by atoms with E-state index in [4.69, 9.17) is 0 Å². The van der Waals surface area contributed by atoms with E-state index in [1.807, 2.05) is 30.3 Å². The maximum atomic E-state index is 13.3. The van der Waals surface area contributed by atoms with Gasteiger partial charge in [-0.3, -0.25) is 9.35 Å². The first-order chi connectivity index (χ1) is 18.6. The molecule has 3 atom stereocenters. The highest BCUT2D eigenvalue weighted by atomic mass is 32.2. The molecule has 200 valence electrons. The molecule has 7 nitrogen and oxygen atoms in total. The molecule has 1 fully saturated rings. The number of benzene rings is 4. The second-order valence-corrected chi connectivity index (χ2v) is 11.0. The predicted molar refractivity (Wildman–Crippen MR) is 143 cm³/mol. The molecule has 4 aromatic rings. The summed E-state index contributed by atoms with van der Waals surface area (Å²) in [5.74, 6) is -1.21. The molecule has 9 heteroatoms. The summed E-state index contributed by atoms with van der Waals surface area (Å²) in [6, 6.07) is 25.5. The van der Waals surface area contributed by atoms with Crippen LogP contribution in [0.2, 0.25) is 0 Å². The van der Waals surface area contributed by atoms with Crippen LogP contribution in [-0.4, -0.2) is 29.1 Å². The van der Waals surface area contributed by atoms with Crippen LogP contribution in [0.4, 0.5) is 4.39 Å². The number of nitrogens with one attached hydrogen (secondary N) is 1. The van der Waals surface area contributed by atoms with Crippen molar-refractivity contribution < 1.29 is 32.4 Å². The lowest BCUT2D eigenvalue weighted by molar-refractivity contribution is -0.140. The van der Waals surface area contributed by atoms with E-state index in [-0.39, 0.29) is 23.0 Å². The minimum atomic E-state index is -4.34. The van der Waals surface area contributed by atoms with Crippen LogP contribution in [0.15, 0.2) is 102 Å². The minimum Gasteiger partial charge on any atom is -0.507 e. The largest absolute Gasteiger partial charge is 0.507 e. The topological polar surface area (TPSA) is 124 Å². The van der Waals surface area contributed by atoms with Gasteiger partial charge in [0, 0.05) is 5.56 Å². The van der Waals surface area contributed by atoms with Crippen molar-refractivity contribution in [3.05, 3.63) is 120 Å². The molecule has 1 aliphatic heterocycles. The SMILES string of the molecule is O=C1N[C@@](c2ccccc2)(c2ccc(-c3ccc(S(=O)(=O)O)cc3)c(O)c2)[C@H]1CC[C@H](O)c1ccc(F)cc1. The lowest BCUT2D eigenvalue weighted by Crippen LogP contribution is -2.67. The molecule has 4 aromatic carbocycles. The molecular weight excluding hydrogens is 521 g/mol. The second kappa shape index (κ2) is 10.3. The molecule has 1 heterocycles. The third-order valence-corrected chi connectivity index (χ3v) is 8.16. The molecule has 5 rings (SSSR count). The predicted octanol–water partition coefficient (Wildman–Crippen LogP) is 4.95. The summed E-state index contributed by atoms with van der Waals surface area (Å²) < 4.78 is 45.3. The summed E-state index contributed by atoms with van der Waals surface area (Å²) in [4.78, 5) is 12.6. The van der Waals surface area contributed by atoms with Gasteiger partial charge in [-0.05, 0) is 65.4 Å². The van der Waals surface area contributed by atoms with Crippen LogP contribution in [0.25, 0.3) is 11.1 Å². The van der Waals surface area contributed by atoms with E-state index in [9.17, 15) is 32.4 Å². The zero-order valence-electron chi connectivity index (χ0n) is 20.7. The van der Waals surface area contributed by atoms with Gasteiger partial charge in [-0.25, -0.2) is 4.39 Å². The van der Waals surface area contributed by atoms with Crippen molar-refractivity contribution in [1.29, 1.82) is 0 Å². The van der Waals surface area contributed by atoms with Crippen LogP contribution in [0.3, 0.4) is 0 Å². The number of phenolic OH excluding ortho intramolecular Hbond substituents is 1. The van der Waals surface area contributed by atoms with E-state index in [0.29, 0.717) is 28.7 Å². The van der Waals surface area contributed by atoms with Crippen LogP contribution in [0, 0.1) is 11.7 Å². The van der Waals surface area contributed by atoms with Gasteiger partial charge in [-0.1, -0.05) is 66.7 Å². The van der Waals surface area contributed by atoms with Gasteiger partial charge in [0.15, 0.2) is 0 Å². The number of halogens is 1. The van der Waals surface area contributed by atoms with Gasteiger partial charge in [-0.15, -0.1) is 0 Å². The average molecular weight is 548 g/mol. The Morgan fingerprint density at radius 1 is 0.897 bits per heavy atom. The number of carbonyl (C=O) groups is 1. The Hall–Kier alpha value is -4.05. The number of aromatic hydroxyl groups is 1. The molecule has 1 saturated heterocycles. The quantitative estimate of drug-likeness (QED) is 0.183. The van der Waals surface area contributed by atoms with E-state index in [1.54, 1.807) is 18.2 Å². The molecule has 1 amide bonds. The van der Waals surface area contributed by atoms with Gasteiger partial charge >= 0.3 is 0 Å². The van der Waals surface area contributed by atoms with Crippen LogP contribution < -0.4 is 5.32 Å². The van der Waals surface area contributed by atoms with Crippen molar-refractivity contribution >= 4 is 16.0 Å². The lowest BCUT2D eigenvalue weighted by Gasteiger charge is -2.50. The maximum Gasteiger partial charge on any atom is 0.294 e. The Kier molecular flexibility index (Phi) is 6.98. The highest BCUT2D eigenvalue weighted by molar-refractivity contribution is 7.85. The average Bonchev–Trinajstić information content (AvgIpc) is 2.92. The highest BCUT2D eigenvalue weighted by Gasteiger charge is 2.55. The smallest absolute Gasteiger partial charge is 0.294 e. The number of amides is 1. The third kappa shape index (κ3) is 5.04. The van der Waals surface area contributed by atoms with E-state index < -0.39 is 33.5 Å². The number of hydrogen-bond acceptors (Lipinski definition) is 5. The zero-order chi connectivity index (χ0) is 27.8. The fraction of sp³-hybridized carbons (Fsp3) is 0.167. The molecule has 0 aliphatic carbocycles. The Morgan fingerprint density at radius 2 is 1.56 bits per heavy atom. The fourth-order valence-electron chi connectivity index (χ4n) is 5.25. The first-order valence-electron chi connectivity index (χ1n) is 12.3. The summed E-state index contributed by atoms with van der Waals surface area (Å²) in [6.07, 6.45) is -0.282. The molecule has 1 aliphatic rings. The molecule has 4 N–H and O–H groups in total. The molecule has 0 saturated carbocycles. The van der Waals surface area contributed by atoms with Crippen LogP contribution >= 0.6 is 0 Å². The molecular formula is C30H26FNO6S. The molecule has 0 bridgehead atoms. The van der Waals surface area contributed by atoms with Gasteiger partial charge in [0.2, 0.25) is 5.91 Å². The molecule has 0 radical (unpaired) electrons. The van der Waals surface area contributed by atoms with Gasteiger partial charge < -0.3 is 15.5 Å². The third-order valence-electron chi connectivity index (χ3n) is 7.29. The normalized spacial score (nSPS) is 19.7. The van der Waals surface area contributed by atoms with E-state index >= 15 is 0 Å².